The fourth-order valence-electron chi connectivity index (χ4n) is 9.54. The molecule has 2 aliphatic heterocycles. The van der Waals surface area contributed by atoms with Gasteiger partial charge in [0, 0.05) is 53.3 Å². The second kappa shape index (κ2) is 38.9. The van der Waals surface area contributed by atoms with Crippen LogP contribution in [-0.2, 0) is 101 Å². The SMILES string of the molecule is CCc1c2c(nc3ccc(OB(C)O)cc13)-c1cc3c(c(=O)n1C2)COC(=O)C3(CC)OC(=O)OCC(NC(=O)C(CCCN)CC(=O)COCC(=O)CCCOCCOCCOCCOCCOCCOCCOCCOCCN=[N+]=[N-])C(C)C. The number of pyridine rings is 2. The van der Waals surface area contributed by atoms with Crippen LogP contribution in [0.25, 0.3) is 32.7 Å². The van der Waals surface area contributed by atoms with Crippen LogP contribution in [0.3, 0.4) is 0 Å². The highest BCUT2D eigenvalue weighted by Gasteiger charge is 2.51. The van der Waals surface area contributed by atoms with Crippen LogP contribution in [-0.4, -0.2) is 196 Å². The van der Waals surface area contributed by atoms with Crippen molar-refractivity contribution in [3.63, 3.8) is 0 Å². The van der Waals surface area contributed by atoms with E-state index in [0.717, 1.165) is 16.5 Å². The number of Topliss-reactive ketones (excluding diaryl/α,β-unsaturated/α-hetero) is 2. The third-order valence-electron chi connectivity index (χ3n) is 14.1. The van der Waals surface area contributed by atoms with Gasteiger partial charge in [-0.1, -0.05) is 32.8 Å². The molecule has 0 spiro atoms. The molecule has 27 nitrogen and oxygen atoms in total. The standard InChI is InChI=1S/C58H86BN7O20/c1-6-45-46-33-44(86-59(5)73)12-13-50(46)63-53-47(45)35-66-52(53)34-49-48(55(66)70)38-83-56(71)58(49,7-2)85-57(72)84-39-51(40(3)4)64-54(69)41(10-8-14-60)32-43(68)37-82-36-42(67)11-9-16-74-18-20-76-22-24-78-26-28-80-30-31-81-29-27-79-25-23-77-21-19-75-17-15-62-65-61/h12-13,33-34,40-41,51,73H,6-11,14-32,35-39,60H2,1-5H3,(H,64,69). The Morgan fingerprint density at radius 1 is 0.826 bits per heavy atom. The molecular formula is C58H86BN7O20. The molecule has 0 aliphatic carbocycles. The smallest absolute Gasteiger partial charge is 0.519 e. The number of hydrogen-bond acceptors (Lipinski definition) is 23. The van der Waals surface area contributed by atoms with E-state index in [1.165, 1.54) is 6.82 Å². The Bertz CT molecular complexity index is 2750. The lowest BCUT2D eigenvalue weighted by molar-refractivity contribution is -0.175. The van der Waals surface area contributed by atoms with E-state index in [1.54, 1.807) is 29.7 Å². The van der Waals surface area contributed by atoms with Crippen molar-refractivity contribution in [3.8, 4) is 17.1 Å². The zero-order valence-electron chi connectivity index (χ0n) is 50.3. The van der Waals surface area contributed by atoms with Crippen LogP contribution < -0.4 is 21.3 Å². The van der Waals surface area contributed by atoms with E-state index in [-0.39, 0.29) is 93.8 Å². The number of benzene rings is 1. The monoisotopic (exact) mass is 1210 g/mol. The lowest BCUT2D eigenvalue weighted by atomic mass is 9.85. The number of amides is 1. The molecule has 1 amide bonds. The summed E-state index contributed by atoms with van der Waals surface area (Å²) in [6.45, 7) is 14.7. The fraction of sp³-hybridized carbons (Fsp3) is 0.672. The van der Waals surface area contributed by atoms with Crippen molar-refractivity contribution in [2.24, 2.45) is 22.7 Å². The quantitative estimate of drug-likeness (QED) is 0.0136. The molecule has 0 bridgehead atoms. The van der Waals surface area contributed by atoms with Gasteiger partial charge >= 0.3 is 19.2 Å². The van der Waals surface area contributed by atoms with Crippen molar-refractivity contribution in [1.29, 1.82) is 0 Å². The normalized spacial score (nSPS) is 14.9. The molecule has 3 atom stereocenters. The fourth-order valence-corrected chi connectivity index (χ4v) is 9.54. The van der Waals surface area contributed by atoms with Gasteiger partial charge in [0.2, 0.25) is 11.5 Å². The highest BCUT2D eigenvalue weighted by Crippen LogP contribution is 2.42. The molecule has 0 saturated carbocycles. The second-order valence-corrected chi connectivity index (χ2v) is 20.6. The Morgan fingerprint density at radius 3 is 1.98 bits per heavy atom. The maximum absolute atomic E-state index is 14.3. The lowest BCUT2D eigenvalue weighted by Gasteiger charge is -2.35. The van der Waals surface area contributed by atoms with Crippen LogP contribution in [0.15, 0.2) is 34.2 Å². The summed E-state index contributed by atoms with van der Waals surface area (Å²) in [6, 6.07) is 6.19. The number of nitrogens with one attached hydrogen (secondary N) is 1. The predicted octanol–water partition coefficient (Wildman–Crippen LogP) is 4.56. The highest BCUT2D eigenvalue weighted by atomic mass is 16.7. The summed E-state index contributed by atoms with van der Waals surface area (Å²) in [7, 11) is -1.03. The van der Waals surface area contributed by atoms with Gasteiger partial charge in [0.1, 0.15) is 32.2 Å². The van der Waals surface area contributed by atoms with Crippen molar-refractivity contribution in [2.45, 2.75) is 104 Å². The van der Waals surface area contributed by atoms with Crippen molar-refractivity contribution in [2.75, 3.05) is 139 Å². The Kier molecular flexibility index (Phi) is 31.9. The molecule has 476 valence electrons. The molecule has 0 saturated heterocycles. The number of ether oxygens (including phenoxy) is 12. The van der Waals surface area contributed by atoms with E-state index in [4.69, 9.17) is 77.7 Å². The number of azide groups is 1. The van der Waals surface area contributed by atoms with E-state index >= 15 is 0 Å². The molecular weight excluding hydrogens is 1130 g/mol. The minimum absolute atomic E-state index is 0.107. The number of nitrogens with two attached hydrogens (primary N) is 1. The van der Waals surface area contributed by atoms with E-state index in [1.807, 2.05) is 26.8 Å². The predicted molar refractivity (Wildman–Crippen MR) is 312 cm³/mol. The molecule has 3 aromatic rings. The summed E-state index contributed by atoms with van der Waals surface area (Å²) in [6.07, 6.45) is 0.441. The highest BCUT2D eigenvalue weighted by molar-refractivity contribution is 6.41. The zero-order valence-corrected chi connectivity index (χ0v) is 50.3. The van der Waals surface area contributed by atoms with Crippen molar-refractivity contribution >= 4 is 47.6 Å². The van der Waals surface area contributed by atoms with Gasteiger partial charge in [0.05, 0.1) is 134 Å². The number of nitrogens with zero attached hydrogens (tertiary/aromatic N) is 5. The van der Waals surface area contributed by atoms with Gasteiger partial charge < -0.3 is 82.1 Å². The molecule has 1 aromatic carbocycles. The largest absolute Gasteiger partial charge is 0.536 e. The van der Waals surface area contributed by atoms with Crippen molar-refractivity contribution in [1.82, 2.24) is 14.9 Å². The number of cyclic esters (lactones) is 1. The summed E-state index contributed by atoms with van der Waals surface area (Å²) in [4.78, 5) is 88.6. The molecule has 4 N–H and O–H groups in total. The van der Waals surface area contributed by atoms with E-state index in [9.17, 15) is 33.8 Å². The number of fused-ring (bicyclic) bond motifs is 5. The molecule has 3 unspecified atom stereocenters. The molecule has 0 radical (unpaired) electrons. The van der Waals surface area contributed by atoms with Gasteiger partial charge in [-0.05, 0) is 86.7 Å². The minimum Gasteiger partial charge on any atom is -0.536 e. The van der Waals surface area contributed by atoms with Crippen LogP contribution in [0, 0.1) is 11.8 Å². The molecule has 4 heterocycles. The van der Waals surface area contributed by atoms with Crippen molar-refractivity contribution in [3.05, 3.63) is 67.3 Å². The minimum atomic E-state index is -2.05. The van der Waals surface area contributed by atoms with E-state index < -0.39 is 48.3 Å². The maximum Gasteiger partial charge on any atom is 0.519 e. The summed E-state index contributed by atoms with van der Waals surface area (Å²) >= 11 is 0. The number of carbonyl (C=O) groups excluding carboxylic acids is 5. The van der Waals surface area contributed by atoms with Gasteiger partial charge in [-0.15, -0.1) is 0 Å². The topological polar surface area (TPSA) is 347 Å². The molecule has 28 heteroatoms. The molecule has 5 rings (SSSR count). The number of aromatic nitrogens is 2. The average molecular weight is 1210 g/mol. The first kappa shape index (κ1) is 70.6. The number of carbonyl (C=O) groups is 5. The summed E-state index contributed by atoms with van der Waals surface area (Å²) in [5, 5.41) is 16.9. The Labute approximate surface area is 501 Å². The summed E-state index contributed by atoms with van der Waals surface area (Å²) in [5.41, 5.74) is 15.2. The summed E-state index contributed by atoms with van der Waals surface area (Å²) < 4.78 is 73.1. The van der Waals surface area contributed by atoms with E-state index in [2.05, 4.69) is 15.3 Å². The number of rotatable bonds is 47. The lowest BCUT2D eigenvalue weighted by Crippen LogP contribution is -2.48. The number of ketones is 2. The first-order valence-corrected chi connectivity index (χ1v) is 29.5. The van der Waals surface area contributed by atoms with Gasteiger partial charge in [0.15, 0.2) is 11.6 Å². The molecule has 0 fully saturated rings. The number of aryl methyl sites for hydroxylation is 1. The Balaban J connectivity index is 0.948. The maximum atomic E-state index is 14.3. The first-order valence-electron chi connectivity index (χ1n) is 29.5. The molecule has 2 aromatic heterocycles. The Hall–Kier alpha value is -6.14. The van der Waals surface area contributed by atoms with Crippen molar-refractivity contribution < 1.29 is 90.5 Å². The molecule has 86 heavy (non-hydrogen) atoms. The van der Waals surface area contributed by atoms with Gasteiger partial charge in [-0.25, -0.2) is 14.6 Å². The zero-order chi connectivity index (χ0) is 62.1. The van der Waals surface area contributed by atoms with Crippen LogP contribution in [0.1, 0.15) is 88.5 Å². The van der Waals surface area contributed by atoms with Gasteiger partial charge in [0.25, 0.3) is 5.56 Å². The third kappa shape index (κ3) is 22.5. The van der Waals surface area contributed by atoms with Crippen LogP contribution in [0.4, 0.5) is 4.79 Å². The second-order valence-electron chi connectivity index (χ2n) is 20.6. The van der Waals surface area contributed by atoms with Crippen LogP contribution in [0.5, 0.6) is 5.75 Å². The number of hydrogen-bond donors (Lipinski definition) is 3. The van der Waals surface area contributed by atoms with Crippen LogP contribution >= 0.6 is 0 Å². The Morgan fingerprint density at radius 2 is 1.42 bits per heavy atom. The third-order valence-corrected chi connectivity index (χ3v) is 14.1. The van der Waals surface area contributed by atoms with Crippen LogP contribution in [0.2, 0.25) is 6.82 Å². The summed E-state index contributed by atoms with van der Waals surface area (Å²) in [5.74, 6) is -2.55. The van der Waals surface area contributed by atoms with Gasteiger partial charge in [-0.3, -0.25) is 19.2 Å². The van der Waals surface area contributed by atoms with Gasteiger partial charge in [-0.2, -0.15) is 0 Å². The first-order chi connectivity index (χ1) is 41.7. The van der Waals surface area contributed by atoms with E-state index in [0.29, 0.717) is 154 Å². The number of esters is 1. The average Bonchev–Trinajstić information content (AvgIpc) is 1.58. The molecule has 2 aliphatic rings.